The van der Waals surface area contributed by atoms with E-state index in [9.17, 15) is 14.7 Å². The molecular weight excluding hydrogens is 408 g/mol. The molecule has 1 N–H and O–H groups in total. The van der Waals surface area contributed by atoms with Crippen LogP contribution >= 0.6 is 0 Å². The highest BCUT2D eigenvalue weighted by Crippen LogP contribution is 2.77. The van der Waals surface area contributed by atoms with Gasteiger partial charge in [-0.2, -0.15) is 0 Å². The second-order valence-corrected chi connectivity index (χ2v) is 15.0. The third kappa shape index (κ3) is 3.33. The Morgan fingerprint density at radius 1 is 0.879 bits per heavy atom. The first-order chi connectivity index (χ1) is 15.1. The molecule has 0 heterocycles. The van der Waals surface area contributed by atoms with Crippen LogP contribution in [-0.4, -0.2) is 17.4 Å². The summed E-state index contributed by atoms with van der Waals surface area (Å²) in [6.45, 7) is 19.3. The molecule has 0 spiro atoms. The summed E-state index contributed by atoms with van der Waals surface area (Å²) in [4.78, 5) is 24.1. The number of hydrogen-bond acceptors (Lipinski definition) is 2. The Bertz CT molecular complexity index is 817. The van der Waals surface area contributed by atoms with Crippen molar-refractivity contribution in [2.24, 2.45) is 56.2 Å². The molecule has 3 heteroatoms. The average Bonchev–Trinajstić information content (AvgIpc) is 2.73. The molecule has 4 aliphatic rings. The lowest BCUT2D eigenvalue weighted by molar-refractivity contribution is -0.254. The molecule has 4 rings (SSSR count). The van der Waals surface area contributed by atoms with E-state index in [2.05, 4.69) is 48.5 Å². The monoisotopic (exact) mass is 458 g/mol. The molecule has 0 aliphatic heterocycles. The first-order valence-corrected chi connectivity index (χ1v) is 13.8. The summed E-state index contributed by atoms with van der Waals surface area (Å²) in [5, 5.41) is 9.96. The summed E-state index contributed by atoms with van der Waals surface area (Å²) in [6, 6.07) is 0. The van der Waals surface area contributed by atoms with Gasteiger partial charge in [0.05, 0.1) is 5.92 Å². The molecule has 4 aliphatic carbocycles. The molecule has 0 bridgehead atoms. The SMILES string of the molecule is CC(C(=O)O)C1(C)CCC2C(C)(CCC3(C)C4CC(C)(C)CCC4(C)CCC23C)C1CC=O. The van der Waals surface area contributed by atoms with E-state index in [1.165, 1.54) is 38.5 Å². The van der Waals surface area contributed by atoms with Crippen molar-refractivity contribution in [2.45, 2.75) is 120 Å². The van der Waals surface area contributed by atoms with Crippen LogP contribution in [0.5, 0.6) is 0 Å². The van der Waals surface area contributed by atoms with E-state index in [0.717, 1.165) is 31.5 Å². The van der Waals surface area contributed by atoms with E-state index in [1.54, 1.807) is 0 Å². The van der Waals surface area contributed by atoms with Crippen LogP contribution in [0, 0.1) is 56.2 Å². The first-order valence-electron chi connectivity index (χ1n) is 13.8. The minimum atomic E-state index is -0.708. The quantitative estimate of drug-likeness (QED) is 0.438. The van der Waals surface area contributed by atoms with Gasteiger partial charge < -0.3 is 9.90 Å². The molecule has 0 amide bonds. The molecule has 4 saturated carbocycles. The Labute approximate surface area is 202 Å². The molecule has 0 aromatic heterocycles. The maximum Gasteiger partial charge on any atom is 0.306 e. The Balaban J connectivity index is 1.77. The molecule has 188 valence electrons. The van der Waals surface area contributed by atoms with Crippen LogP contribution in [0.4, 0.5) is 0 Å². The Morgan fingerprint density at radius 2 is 1.45 bits per heavy atom. The molecule has 9 atom stereocenters. The Morgan fingerprint density at radius 3 is 2.06 bits per heavy atom. The van der Waals surface area contributed by atoms with Crippen LogP contribution in [0.2, 0.25) is 0 Å². The Hall–Kier alpha value is -0.860. The van der Waals surface area contributed by atoms with E-state index < -0.39 is 11.9 Å². The van der Waals surface area contributed by atoms with E-state index in [1.807, 2.05) is 6.92 Å². The molecule has 4 fully saturated rings. The van der Waals surface area contributed by atoms with Crippen molar-refractivity contribution < 1.29 is 14.7 Å². The van der Waals surface area contributed by atoms with Crippen molar-refractivity contribution in [3.05, 3.63) is 0 Å². The number of aldehydes is 1. The van der Waals surface area contributed by atoms with Gasteiger partial charge >= 0.3 is 5.97 Å². The second kappa shape index (κ2) is 7.57. The number of carbonyl (C=O) groups is 2. The normalized spacial score (nSPS) is 52.1. The summed E-state index contributed by atoms with van der Waals surface area (Å²) in [6.07, 6.45) is 12.6. The predicted octanol–water partition coefficient (Wildman–Crippen LogP) is 7.77. The average molecular weight is 459 g/mol. The summed E-state index contributed by atoms with van der Waals surface area (Å²) in [5.41, 5.74) is 1.17. The number of hydrogen-bond donors (Lipinski definition) is 1. The van der Waals surface area contributed by atoms with Gasteiger partial charge in [-0.1, -0.05) is 55.4 Å². The van der Waals surface area contributed by atoms with E-state index in [0.29, 0.717) is 28.6 Å². The van der Waals surface area contributed by atoms with Crippen molar-refractivity contribution in [3.63, 3.8) is 0 Å². The zero-order valence-electron chi connectivity index (χ0n) is 22.7. The zero-order chi connectivity index (χ0) is 24.7. The highest BCUT2D eigenvalue weighted by Gasteiger charge is 2.70. The van der Waals surface area contributed by atoms with E-state index in [-0.39, 0.29) is 22.2 Å². The summed E-state index contributed by atoms with van der Waals surface area (Å²) >= 11 is 0. The largest absolute Gasteiger partial charge is 0.481 e. The smallest absolute Gasteiger partial charge is 0.306 e. The van der Waals surface area contributed by atoms with Crippen molar-refractivity contribution in [3.8, 4) is 0 Å². The fourth-order valence-electron chi connectivity index (χ4n) is 10.6. The van der Waals surface area contributed by atoms with Crippen molar-refractivity contribution in [1.82, 2.24) is 0 Å². The van der Waals surface area contributed by atoms with Crippen molar-refractivity contribution in [1.29, 1.82) is 0 Å². The third-order valence-electron chi connectivity index (χ3n) is 13.3. The van der Waals surface area contributed by atoms with Gasteiger partial charge in [0.1, 0.15) is 6.29 Å². The molecule has 33 heavy (non-hydrogen) atoms. The van der Waals surface area contributed by atoms with Crippen LogP contribution in [0.15, 0.2) is 0 Å². The molecular formula is C30H50O3. The van der Waals surface area contributed by atoms with Gasteiger partial charge in [-0.25, -0.2) is 0 Å². The fraction of sp³-hybridized carbons (Fsp3) is 0.933. The van der Waals surface area contributed by atoms with Gasteiger partial charge in [-0.05, 0) is 108 Å². The topological polar surface area (TPSA) is 54.4 Å². The van der Waals surface area contributed by atoms with Gasteiger partial charge in [0, 0.05) is 6.42 Å². The fourth-order valence-corrected chi connectivity index (χ4v) is 10.6. The predicted molar refractivity (Wildman–Crippen MR) is 134 cm³/mol. The highest BCUT2D eigenvalue weighted by molar-refractivity contribution is 5.71. The Kier molecular flexibility index (Phi) is 5.79. The number of carbonyl (C=O) groups excluding carboxylic acids is 1. The maximum absolute atomic E-state index is 12.1. The molecule has 3 nitrogen and oxygen atoms in total. The summed E-state index contributed by atoms with van der Waals surface area (Å²) < 4.78 is 0. The molecule has 9 unspecified atom stereocenters. The first kappa shape index (κ1) is 25.2. The van der Waals surface area contributed by atoms with Crippen LogP contribution in [0.3, 0.4) is 0 Å². The number of carboxylic acids is 1. The van der Waals surface area contributed by atoms with Gasteiger partial charge in [0.2, 0.25) is 0 Å². The maximum atomic E-state index is 12.1. The van der Waals surface area contributed by atoms with E-state index in [4.69, 9.17) is 0 Å². The third-order valence-corrected chi connectivity index (χ3v) is 13.3. The van der Waals surface area contributed by atoms with Crippen LogP contribution in [0.25, 0.3) is 0 Å². The second-order valence-electron chi connectivity index (χ2n) is 15.0. The van der Waals surface area contributed by atoms with Gasteiger partial charge in [-0.3, -0.25) is 4.79 Å². The van der Waals surface area contributed by atoms with Crippen LogP contribution in [-0.2, 0) is 9.59 Å². The number of carboxylic acid groups (broad SMARTS) is 1. The van der Waals surface area contributed by atoms with Crippen molar-refractivity contribution in [2.75, 3.05) is 0 Å². The lowest BCUT2D eigenvalue weighted by Gasteiger charge is -2.74. The standard InChI is InChI=1S/C30H50O3/c1-20(24(32)33)27(5)11-9-22-28(6,21(27)10-18-31)15-17-30(8)23-19-25(2,3)12-13-26(23,4)14-16-29(22,30)7/h18,20-23H,9-17,19H2,1-8H3,(H,32,33). The molecule has 0 aromatic carbocycles. The number of aliphatic carboxylic acids is 1. The molecule has 0 radical (unpaired) electrons. The summed E-state index contributed by atoms with van der Waals surface area (Å²) in [7, 11) is 0. The van der Waals surface area contributed by atoms with Gasteiger partial charge in [-0.15, -0.1) is 0 Å². The van der Waals surface area contributed by atoms with Gasteiger partial charge in [0.15, 0.2) is 0 Å². The minimum Gasteiger partial charge on any atom is -0.481 e. The molecule has 0 saturated heterocycles. The minimum absolute atomic E-state index is 0.0316. The number of rotatable bonds is 4. The van der Waals surface area contributed by atoms with Gasteiger partial charge in [0.25, 0.3) is 0 Å². The highest BCUT2D eigenvalue weighted by atomic mass is 16.4. The number of fused-ring (bicyclic) bond motifs is 5. The zero-order valence-corrected chi connectivity index (χ0v) is 22.7. The van der Waals surface area contributed by atoms with Crippen LogP contribution in [0.1, 0.15) is 120 Å². The lowest BCUT2D eigenvalue weighted by atomic mass is 9.30. The lowest BCUT2D eigenvalue weighted by Crippen LogP contribution is -2.67. The summed E-state index contributed by atoms with van der Waals surface area (Å²) in [5.74, 6) is 0.338. The van der Waals surface area contributed by atoms with E-state index >= 15 is 0 Å². The van der Waals surface area contributed by atoms with Crippen LogP contribution < -0.4 is 0 Å². The van der Waals surface area contributed by atoms with Crippen molar-refractivity contribution >= 4 is 12.3 Å². The molecule has 0 aromatic rings.